The second-order valence-corrected chi connectivity index (χ2v) is 6.02. The van der Waals surface area contributed by atoms with Crippen molar-refractivity contribution < 1.29 is 14.3 Å². The van der Waals surface area contributed by atoms with Crippen molar-refractivity contribution in [3.05, 3.63) is 35.7 Å². The van der Waals surface area contributed by atoms with E-state index >= 15 is 0 Å². The molecule has 0 saturated carbocycles. The van der Waals surface area contributed by atoms with Crippen molar-refractivity contribution in [2.45, 2.75) is 12.2 Å². The molecule has 1 atom stereocenters. The number of halogens is 1. The minimum atomic E-state index is -1.07. The predicted molar refractivity (Wildman–Crippen MR) is 77.2 cm³/mol. The summed E-state index contributed by atoms with van der Waals surface area (Å²) in [5.41, 5.74) is 1.12. The molecule has 1 aromatic carbocycles. The molecule has 102 valence electrons. The lowest BCUT2D eigenvalue weighted by Crippen LogP contribution is -2.37. The van der Waals surface area contributed by atoms with Crippen LogP contribution >= 0.6 is 11.8 Å². The highest BCUT2D eigenvalue weighted by Crippen LogP contribution is 2.29. The van der Waals surface area contributed by atoms with Gasteiger partial charge in [-0.25, -0.2) is 9.18 Å². The van der Waals surface area contributed by atoms with E-state index in [0.29, 0.717) is 10.8 Å². The molecule has 1 N–H and O–H groups in total. The molecular weight excluding hydrogens is 265 g/mol. The zero-order valence-electron chi connectivity index (χ0n) is 10.7. The van der Waals surface area contributed by atoms with E-state index in [2.05, 4.69) is 11.8 Å². The van der Waals surface area contributed by atoms with Crippen LogP contribution in [0.5, 0.6) is 0 Å². The summed E-state index contributed by atoms with van der Waals surface area (Å²) >= 11 is 1.90. The van der Waals surface area contributed by atoms with Crippen LogP contribution in [0.25, 0.3) is 6.08 Å². The molecule has 19 heavy (non-hydrogen) atoms. The molecule has 1 fully saturated rings. The standard InChI is InChI=1S/C14H16FNO2S/c1-10-9-16(7-8-19-10)13-4-2-3-12(15)11(13)5-6-14(17)18/h2-6,10H,7-9H2,1H3,(H,17,18)/b6-5+. The van der Waals surface area contributed by atoms with Crippen LogP contribution in [0.4, 0.5) is 10.1 Å². The van der Waals surface area contributed by atoms with Crippen LogP contribution < -0.4 is 4.90 Å². The number of hydrogen-bond donors (Lipinski definition) is 1. The van der Waals surface area contributed by atoms with E-state index in [1.807, 2.05) is 17.8 Å². The molecule has 1 aliphatic rings. The molecule has 1 saturated heterocycles. The van der Waals surface area contributed by atoms with E-state index in [-0.39, 0.29) is 5.82 Å². The topological polar surface area (TPSA) is 40.5 Å². The minimum Gasteiger partial charge on any atom is -0.478 e. The Morgan fingerprint density at radius 3 is 3.05 bits per heavy atom. The summed E-state index contributed by atoms with van der Waals surface area (Å²) in [7, 11) is 0. The van der Waals surface area contributed by atoms with Crippen molar-refractivity contribution in [2.24, 2.45) is 0 Å². The zero-order valence-corrected chi connectivity index (χ0v) is 11.5. The molecule has 0 bridgehead atoms. The Morgan fingerprint density at radius 1 is 1.58 bits per heavy atom. The number of hydrogen-bond acceptors (Lipinski definition) is 3. The Hall–Kier alpha value is -1.49. The summed E-state index contributed by atoms with van der Waals surface area (Å²) in [6.07, 6.45) is 2.31. The molecule has 1 aliphatic heterocycles. The van der Waals surface area contributed by atoms with E-state index in [1.54, 1.807) is 6.07 Å². The zero-order chi connectivity index (χ0) is 13.8. The van der Waals surface area contributed by atoms with Crippen molar-refractivity contribution in [3.8, 4) is 0 Å². The van der Waals surface area contributed by atoms with Gasteiger partial charge in [-0.3, -0.25) is 0 Å². The van der Waals surface area contributed by atoms with Crippen molar-refractivity contribution >= 4 is 29.5 Å². The molecule has 0 spiro atoms. The first-order valence-corrected chi connectivity index (χ1v) is 7.19. The largest absolute Gasteiger partial charge is 0.478 e. The lowest BCUT2D eigenvalue weighted by Gasteiger charge is -2.33. The monoisotopic (exact) mass is 281 g/mol. The Morgan fingerprint density at radius 2 is 2.37 bits per heavy atom. The van der Waals surface area contributed by atoms with Crippen molar-refractivity contribution in [1.82, 2.24) is 0 Å². The molecule has 0 radical (unpaired) electrons. The normalized spacial score (nSPS) is 19.9. The van der Waals surface area contributed by atoms with Crippen LogP contribution in [0.2, 0.25) is 0 Å². The first-order chi connectivity index (χ1) is 9.08. The predicted octanol–water partition coefficient (Wildman–Crippen LogP) is 2.87. The molecule has 1 unspecified atom stereocenters. The third-order valence-corrected chi connectivity index (χ3v) is 4.14. The first kappa shape index (κ1) is 13.9. The van der Waals surface area contributed by atoms with Crippen LogP contribution in [-0.2, 0) is 4.79 Å². The van der Waals surface area contributed by atoms with E-state index < -0.39 is 5.97 Å². The van der Waals surface area contributed by atoms with Crippen LogP contribution in [0.1, 0.15) is 12.5 Å². The Kier molecular flexibility index (Phi) is 4.47. The van der Waals surface area contributed by atoms with Gasteiger partial charge in [-0.05, 0) is 18.2 Å². The molecule has 5 heteroatoms. The van der Waals surface area contributed by atoms with Gasteiger partial charge >= 0.3 is 5.97 Å². The van der Waals surface area contributed by atoms with Gasteiger partial charge in [-0.1, -0.05) is 13.0 Å². The molecule has 1 heterocycles. The third kappa shape index (κ3) is 3.50. The van der Waals surface area contributed by atoms with Crippen molar-refractivity contribution in [1.29, 1.82) is 0 Å². The molecule has 0 aromatic heterocycles. The fraction of sp³-hybridized carbons (Fsp3) is 0.357. The number of rotatable bonds is 3. The lowest BCUT2D eigenvalue weighted by atomic mass is 10.1. The minimum absolute atomic E-state index is 0.351. The van der Waals surface area contributed by atoms with Gasteiger partial charge in [0.05, 0.1) is 0 Å². The summed E-state index contributed by atoms with van der Waals surface area (Å²) in [4.78, 5) is 12.7. The summed E-state index contributed by atoms with van der Waals surface area (Å²) < 4.78 is 13.9. The molecule has 0 amide bonds. The number of benzene rings is 1. The maximum atomic E-state index is 13.9. The Bertz CT molecular complexity index is 504. The average Bonchev–Trinajstić information content (AvgIpc) is 2.37. The molecule has 1 aromatic rings. The molecule has 3 nitrogen and oxygen atoms in total. The van der Waals surface area contributed by atoms with Gasteiger partial charge in [0.15, 0.2) is 0 Å². The number of aliphatic carboxylic acids is 1. The van der Waals surface area contributed by atoms with Crippen LogP contribution in [0, 0.1) is 5.82 Å². The summed E-state index contributed by atoms with van der Waals surface area (Å²) in [5, 5.41) is 9.18. The second-order valence-electron chi connectivity index (χ2n) is 4.47. The van der Waals surface area contributed by atoms with Gasteiger partial charge in [0.25, 0.3) is 0 Å². The van der Waals surface area contributed by atoms with Crippen LogP contribution in [0.15, 0.2) is 24.3 Å². The average molecular weight is 281 g/mol. The lowest BCUT2D eigenvalue weighted by molar-refractivity contribution is -0.131. The highest BCUT2D eigenvalue weighted by atomic mass is 32.2. The number of thioether (sulfide) groups is 1. The van der Waals surface area contributed by atoms with Gasteiger partial charge in [-0.15, -0.1) is 0 Å². The SMILES string of the molecule is CC1CN(c2cccc(F)c2/C=C/C(=O)O)CCS1. The van der Waals surface area contributed by atoms with E-state index in [0.717, 1.165) is 30.6 Å². The number of carboxylic acid groups (broad SMARTS) is 1. The number of nitrogens with zero attached hydrogens (tertiary/aromatic N) is 1. The van der Waals surface area contributed by atoms with Gasteiger partial charge < -0.3 is 10.0 Å². The highest BCUT2D eigenvalue weighted by molar-refractivity contribution is 8.00. The van der Waals surface area contributed by atoms with Crippen LogP contribution in [-0.4, -0.2) is 35.2 Å². The van der Waals surface area contributed by atoms with Crippen molar-refractivity contribution in [2.75, 3.05) is 23.7 Å². The third-order valence-electron chi connectivity index (χ3n) is 3.00. The summed E-state index contributed by atoms with van der Waals surface area (Å²) in [6.45, 7) is 3.84. The van der Waals surface area contributed by atoms with Gasteiger partial charge in [0.1, 0.15) is 5.82 Å². The number of carboxylic acids is 1. The summed E-state index contributed by atoms with van der Waals surface area (Å²) in [5.74, 6) is -0.461. The Balaban J connectivity index is 2.33. The quantitative estimate of drug-likeness (QED) is 0.865. The highest BCUT2D eigenvalue weighted by Gasteiger charge is 2.19. The van der Waals surface area contributed by atoms with Gasteiger partial charge in [0.2, 0.25) is 0 Å². The fourth-order valence-electron chi connectivity index (χ4n) is 2.16. The van der Waals surface area contributed by atoms with E-state index in [1.165, 1.54) is 12.1 Å². The fourth-order valence-corrected chi connectivity index (χ4v) is 3.17. The maximum Gasteiger partial charge on any atom is 0.328 e. The number of carbonyl (C=O) groups is 1. The number of anilines is 1. The smallest absolute Gasteiger partial charge is 0.328 e. The van der Waals surface area contributed by atoms with Gasteiger partial charge in [-0.2, -0.15) is 11.8 Å². The first-order valence-electron chi connectivity index (χ1n) is 6.14. The molecule has 2 rings (SSSR count). The molecule has 0 aliphatic carbocycles. The second kappa shape index (κ2) is 6.10. The van der Waals surface area contributed by atoms with Gasteiger partial charge in [0, 0.05) is 41.4 Å². The van der Waals surface area contributed by atoms with Crippen LogP contribution in [0.3, 0.4) is 0 Å². The summed E-state index contributed by atoms with van der Waals surface area (Å²) in [6, 6.07) is 4.86. The molecular formula is C14H16FNO2S. The maximum absolute atomic E-state index is 13.9. The van der Waals surface area contributed by atoms with Crippen molar-refractivity contribution in [3.63, 3.8) is 0 Å². The Labute approximate surface area is 116 Å². The van der Waals surface area contributed by atoms with E-state index in [4.69, 9.17) is 5.11 Å². The van der Waals surface area contributed by atoms with E-state index in [9.17, 15) is 9.18 Å².